The molecule has 0 spiro atoms. The smallest absolute Gasteiger partial charge is 0.328 e. The van der Waals surface area contributed by atoms with Gasteiger partial charge in [0.15, 0.2) is 0 Å². The van der Waals surface area contributed by atoms with Gasteiger partial charge in [-0.2, -0.15) is 0 Å². The molecule has 0 amide bonds. The first-order valence-electron chi connectivity index (χ1n) is 9.13. The van der Waals surface area contributed by atoms with Crippen molar-refractivity contribution in [2.45, 2.75) is 57.7 Å². The molecular formula is C22H32O4. The zero-order valence-corrected chi connectivity index (χ0v) is 15.6. The zero-order chi connectivity index (χ0) is 19.5. The monoisotopic (exact) mass is 360 g/mol. The Morgan fingerprint density at radius 2 is 1.19 bits per heavy atom. The predicted octanol–water partition coefficient (Wildman–Crippen LogP) is 4.49. The van der Waals surface area contributed by atoms with Crippen LogP contribution < -0.4 is 0 Å². The number of aliphatic hydroxyl groups excluding tert-OH is 2. The van der Waals surface area contributed by atoms with Gasteiger partial charge in [0, 0.05) is 6.08 Å². The molecule has 0 aliphatic rings. The summed E-state index contributed by atoms with van der Waals surface area (Å²) in [5, 5.41) is 27.4. The Balaban J connectivity index is 3.77. The Hall–Kier alpha value is -2.17. The summed E-state index contributed by atoms with van der Waals surface area (Å²) in [5.41, 5.74) is 0. The highest BCUT2D eigenvalue weighted by molar-refractivity contribution is 5.80. The molecule has 144 valence electrons. The van der Waals surface area contributed by atoms with Crippen molar-refractivity contribution in [1.82, 2.24) is 0 Å². The molecule has 4 nitrogen and oxygen atoms in total. The number of hydrogen-bond donors (Lipinski definition) is 3. The van der Waals surface area contributed by atoms with Crippen molar-refractivity contribution in [3.8, 4) is 0 Å². The summed E-state index contributed by atoms with van der Waals surface area (Å²) in [6.45, 7) is 1.81. The van der Waals surface area contributed by atoms with Crippen LogP contribution in [0.5, 0.6) is 0 Å². The summed E-state index contributed by atoms with van der Waals surface area (Å²) in [4.78, 5) is 10.2. The highest BCUT2D eigenvalue weighted by Gasteiger charge is 1.99. The lowest BCUT2D eigenvalue weighted by molar-refractivity contribution is -0.131. The van der Waals surface area contributed by atoms with Gasteiger partial charge in [-0.1, -0.05) is 92.5 Å². The average Bonchev–Trinajstić information content (AvgIpc) is 2.58. The third-order valence-corrected chi connectivity index (χ3v) is 3.44. The first kappa shape index (κ1) is 23.8. The van der Waals surface area contributed by atoms with E-state index in [2.05, 4.69) is 0 Å². The third kappa shape index (κ3) is 19.9. The SMILES string of the molecule is CC(O)CCCCCCC(O)C=CC=CC=CC=CC=CC=CC(=O)O. The number of aliphatic hydroxyl groups is 2. The van der Waals surface area contributed by atoms with Gasteiger partial charge in [0.2, 0.25) is 0 Å². The van der Waals surface area contributed by atoms with Crippen LogP contribution in [0.3, 0.4) is 0 Å². The molecule has 0 saturated carbocycles. The van der Waals surface area contributed by atoms with Crippen LogP contribution in [0.15, 0.2) is 72.9 Å². The average molecular weight is 360 g/mol. The van der Waals surface area contributed by atoms with Gasteiger partial charge in [-0.05, 0) is 19.8 Å². The standard InChI is InChI=1S/C22H32O4/c1-20(23)16-12-10-11-14-18-21(24)17-13-8-6-4-2-3-5-7-9-15-19-22(25)26/h2-9,13,15,17,19-21,23-24H,10-12,14,16,18H2,1H3,(H,25,26). The lowest BCUT2D eigenvalue weighted by atomic mass is 10.1. The molecule has 0 rings (SSSR count). The number of unbranched alkanes of at least 4 members (excludes halogenated alkanes) is 3. The summed E-state index contributed by atoms with van der Waals surface area (Å²) in [7, 11) is 0. The molecule has 0 aliphatic heterocycles. The lowest BCUT2D eigenvalue weighted by Gasteiger charge is -2.06. The summed E-state index contributed by atoms with van der Waals surface area (Å²) in [6, 6.07) is 0. The molecule has 3 N–H and O–H groups in total. The molecule has 0 aromatic carbocycles. The van der Waals surface area contributed by atoms with E-state index in [1.807, 2.05) is 43.4 Å². The third-order valence-electron chi connectivity index (χ3n) is 3.44. The fourth-order valence-corrected chi connectivity index (χ4v) is 2.09. The maximum atomic E-state index is 10.2. The molecule has 26 heavy (non-hydrogen) atoms. The van der Waals surface area contributed by atoms with E-state index in [0.29, 0.717) is 0 Å². The molecule has 4 heteroatoms. The van der Waals surface area contributed by atoms with Gasteiger partial charge in [-0.15, -0.1) is 0 Å². The van der Waals surface area contributed by atoms with E-state index in [0.717, 1.165) is 44.6 Å². The maximum absolute atomic E-state index is 10.2. The molecule has 0 saturated heterocycles. The minimum Gasteiger partial charge on any atom is -0.478 e. The normalized spacial score (nSPS) is 15.5. The Labute approximate surface area is 157 Å². The number of rotatable bonds is 14. The number of carboxylic acids is 1. The van der Waals surface area contributed by atoms with Gasteiger partial charge in [-0.3, -0.25) is 0 Å². The maximum Gasteiger partial charge on any atom is 0.328 e. The van der Waals surface area contributed by atoms with Crippen molar-refractivity contribution in [2.75, 3.05) is 0 Å². The van der Waals surface area contributed by atoms with E-state index >= 15 is 0 Å². The number of aliphatic carboxylic acids is 1. The van der Waals surface area contributed by atoms with Gasteiger partial charge in [0.05, 0.1) is 12.2 Å². The largest absolute Gasteiger partial charge is 0.478 e. The quantitative estimate of drug-likeness (QED) is 0.242. The Morgan fingerprint density at radius 1 is 0.731 bits per heavy atom. The molecule has 0 radical (unpaired) electrons. The van der Waals surface area contributed by atoms with Gasteiger partial charge in [0.25, 0.3) is 0 Å². The summed E-state index contributed by atoms with van der Waals surface area (Å²) in [6.07, 6.45) is 25.9. The Morgan fingerprint density at radius 3 is 1.69 bits per heavy atom. The summed E-state index contributed by atoms with van der Waals surface area (Å²) >= 11 is 0. The Kier molecular flexibility index (Phi) is 16.2. The number of hydrogen-bond acceptors (Lipinski definition) is 3. The number of carbonyl (C=O) groups is 1. The molecule has 0 fully saturated rings. The van der Waals surface area contributed by atoms with Crippen LogP contribution in [-0.4, -0.2) is 33.5 Å². The van der Waals surface area contributed by atoms with Crippen LogP contribution in [0.1, 0.15) is 45.4 Å². The highest BCUT2D eigenvalue weighted by Crippen LogP contribution is 2.09. The van der Waals surface area contributed by atoms with Crippen LogP contribution in [0.4, 0.5) is 0 Å². The van der Waals surface area contributed by atoms with E-state index in [9.17, 15) is 9.90 Å². The van der Waals surface area contributed by atoms with E-state index < -0.39 is 12.1 Å². The van der Waals surface area contributed by atoms with Crippen molar-refractivity contribution in [3.63, 3.8) is 0 Å². The van der Waals surface area contributed by atoms with E-state index in [1.54, 1.807) is 24.3 Å². The molecule has 2 atom stereocenters. The van der Waals surface area contributed by atoms with E-state index in [-0.39, 0.29) is 6.10 Å². The van der Waals surface area contributed by atoms with Gasteiger partial charge in [-0.25, -0.2) is 4.79 Å². The zero-order valence-electron chi connectivity index (χ0n) is 15.6. The molecule has 0 heterocycles. The highest BCUT2D eigenvalue weighted by atomic mass is 16.4. The van der Waals surface area contributed by atoms with Crippen molar-refractivity contribution in [3.05, 3.63) is 72.9 Å². The summed E-state index contributed by atoms with van der Waals surface area (Å²) < 4.78 is 0. The molecule has 0 aromatic heterocycles. The van der Waals surface area contributed by atoms with Gasteiger partial charge >= 0.3 is 5.97 Å². The fraction of sp³-hybridized carbons (Fsp3) is 0.409. The molecule has 0 bridgehead atoms. The van der Waals surface area contributed by atoms with Crippen molar-refractivity contribution in [2.24, 2.45) is 0 Å². The van der Waals surface area contributed by atoms with Crippen molar-refractivity contribution < 1.29 is 20.1 Å². The van der Waals surface area contributed by atoms with Crippen molar-refractivity contribution in [1.29, 1.82) is 0 Å². The van der Waals surface area contributed by atoms with Crippen molar-refractivity contribution >= 4 is 5.97 Å². The second-order valence-corrected chi connectivity index (χ2v) is 6.03. The second kappa shape index (κ2) is 17.6. The minimum absolute atomic E-state index is 0.211. The van der Waals surface area contributed by atoms with Crippen LogP contribution in [0.2, 0.25) is 0 Å². The van der Waals surface area contributed by atoms with Crippen LogP contribution >= 0.6 is 0 Å². The number of carboxylic acid groups (broad SMARTS) is 1. The molecule has 0 aliphatic carbocycles. The molecular weight excluding hydrogens is 328 g/mol. The Bertz CT molecular complexity index is 522. The topological polar surface area (TPSA) is 77.8 Å². The molecule has 2 unspecified atom stereocenters. The first-order chi connectivity index (χ1) is 12.5. The van der Waals surface area contributed by atoms with E-state index in [1.165, 1.54) is 6.08 Å². The predicted molar refractivity (Wildman–Crippen MR) is 108 cm³/mol. The fourth-order valence-electron chi connectivity index (χ4n) is 2.09. The second-order valence-electron chi connectivity index (χ2n) is 6.03. The van der Waals surface area contributed by atoms with Crippen LogP contribution in [0, 0.1) is 0 Å². The minimum atomic E-state index is -0.963. The van der Waals surface area contributed by atoms with Gasteiger partial charge in [0.1, 0.15) is 0 Å². The number of allylic oxidation sites excluding steroid dienone is 10. The van der Waals surface area contributed by atoms with E-state index in [4.69, 9.17) is 10.2 Å². The molecule has 0 aromatic rings. The van der Waals surface area contributed by atoms with Gasteiger partial charge < -0.3 is 15.3 Å². The van der Waals surface area contributed by atoms with Crippen LogP contribution in [-0.2, 0) is 4.79 Å². The first-order valence-corrected chi connectivity index (χ1v) is 9.13. The lowest BCUT2D eigenvalue weighted by Crippen LogP contribution is -2.01. The van der Waals surface area contributed by atoms with Crippen LogP contribution in [0.25, 0.3) is 0 Å². The summed E-state index contributed by atoms with van der Waals surface area (Å²) in [5.74, 6) is -0.963.